The summed E-state index contributed by atoms with van der Waals surface area (Å²) < 4.78 is 7.02. The Morgan fingerprint density at radius 3 is 2.08 bits per heavy atom. The highest BCUT2D eigenvalue weighted by Crippen LogP contribution is 1.81. The van der Waals surface area contributed by atoms with E-state index in [-0.39, 0.29) is 0 Å². The highest BCUT2D eigenvalue weighted by molar-refractivity contribution is 4.70. The number of imidazole rings is 1. The third kappa shape index (κ3) is 9.08. The van der Waals surface area contributed by atoms with Gasteiger partial charge in [-0.05, 0) is 12.8 Å². The molecule has 0 saturated carbocycles. The SMILES string of the molecule is CCCOCCC.Cn1ccnc1. The van der Waals surface area contributed by atoms with Gasteiger partial charge in [0.25, 0.3) is 0 Å². The molecule has 1 aromatic heterocycles. The fourth-order valence-corrected chi connectivity index (χ4v) is 0.717. The van der Waals surface area contributed by atoms with Crippen LogP contribution in [0.15, 0.2) is 18.7 Å². The van der Waals surface area contributed by atoms with E-state index in [0.29, 0.717) is 0 Å². The molecule has 13 heavy (non-hydrogen) atoms. The molecule has 0 saturated heterocycles. The second kappa shape index (κ2) is 9.26. The number of nitrogens with zero attached hydrogens (tertiary/aromatic N) is 2. The predicted octanol–water partition coefficient (Wildman–Crippen LogP) is 2.24. The van der Waals surface area contributed by atoms with Gasteiger partial charge in [-0.15, -0.1) is 0 Å². The van der Waals surface area contributed by atoms with Crippen LogP contribution in [0, 0.1) is 0 Å². The molecule has 1 rings (SSSR count). The van der Waals surface area contributed by atoms with Crippen LogP contribution >= 0.6 is 0 Å². The molecule has 0 aliphatic carbocycles. The summed E-state index contributed by atoms with van der Waals surface area (Å²) in [7, 11) is 1.94. The molecule has 0 amide bonds. The summed E-state index contributed by atoms with van der Waals surface area (Å²) in [5.41, 5.74) is 0. The Balaban J connectivity index is 0.000000223. The zero-order valence-corrected chi connectivity index (χ0v) is 8.86. The molecule has 0 aliphatic rings. The number of hydrogen-bond acceptors (Lipinski definition) is 2. The van der Waals surface area contributed by atoms with Crippen LogP contribution in [0.2, 0.25) is 0 Å². The molecule has 0 N–H and O–H groups in total. The van der Waals surface area contributed by atoms with E-state index in [2.05, 4.69) is 18.8 Å². The summed E-state index contributed by atoms with van der Waals surface area (Å²) in [5.74, 6) is 0. The summed E-state index contributed by atoms with van der Waals surface area (Å²) in [6.45, 7) is 6.09. The van der Waals surface area contributed by atoms with Crippen molar-refractivity contribution in [3.63, 3.8) is 0 Å². The molecule has 1 heterocycles. The lowest BCUT2D eigenvalue weighted by atomic mass is 10.5. The van der Waals surface area contributed by atoms with Crippen LogP contribution < -0.4 is 0 Å². The van der Waals surface area contributed by atoms with Crippen molar-refractivity contribution in [2.24, 2.45) is 7.05 Å². The zero-order chi connectivity index (χ0) is 9.94. The van der Waals surface area contributed by atoms with Crippen molar-refractivity contribution in [3.05, 3.63) is 18.7 Å². The third-order valence-corrected chi connectivity index (χ3v) is 1.33. The van der Waals surface area contributed by atoms with Gasteiger partial charge in [0.2, 0.25) is 0 Å². The number of hydrogen-bond donors (Lipinski definition) is 0. The lowest BCUT2D eigenvalue weighted by molar-refractivity contribution is 0.135. The van der Waals surface area contributed by atoms with Gasteiger partial charge in [0, 0.05) is 32.7 Å². The van der Waals surface area contributed by atoms with Gasteiger partial charge in [-0.2, -0.15) is 0 Å². The molecule has 0 spiro atoms. The highest BCUT2D eigenvalue weighted by Gasteiger charge is 1.77. The van der Waals surface area contributed by atoms with Crippen LogP contribution in [-0.2, 0) is 11.8 Å². The molecule has 0 aliphatic heterocycles. The smallest absolute Gasteiger partial charge is 0.0943 e. The van der Waals surface area contributed by atoms with Gasteiger partial charge in [-0.3, -0.25) is 0 Å². The van der Waals surface area contributed by atoms with Gasteiger partial charge < -0.3 is 9.30 Å². The Kier molecular flexibility index (Phi) is 8.67. The molecule has 0 radical (unpaired) electrons. The van der Waals surface area contributed by atoms with Crippen LogP contribution in [0.25, 0.3) is 0 Å². The van der Waals surface area contributed by atoms with Crippen molar-refractivity contribution >= 4 is 0 Å². The average molecular weight is 184 g/mol. The van der Waals surface area contributed by atoms with E-state index in [4.69, 9.17) is 4.74 Å². The van der Waals surface area contributed by atoms with Crippen LogP contribution in [0.4, 0.5) is 0 Å². The minimum atomic E-state index is 0.924. The van der Waals surface area contributed by atoms with Gasteiger partial charge in [-0.25, -0.2) is 4.98 Å². The fraction of sp³-hybridized carbons (Fsp3) is 0.700. The number of ether oxygens (including phenoxy) is 1. The molecule has 0 unspecified atom stereocenters. The number of rotatable bonds is 4. The molecule has 3 nitrogen and oxygen atoms in total. The maximum Gasteiger partial charge on any atom is 0.0943 e. The molecule has 0 fully saturated rings. The lowest BCUT2D eigenvalue weighted by Gasteiger charge is -1.95. The first-order chi connectivity index (χ1) is 6.31. The molecule has 3 heteroatoms. The first-order valence-electron chi connectivity index (χ1n) is 4.80. The van der Waals surface area contributed by atoms with Crippen LogP contribution in [0.5, 0.6) is 0 Å². The Bertz CT molecular complexity index is 169. The van der Waals surface area contributed by atoms with Crippen molar-refractivity contribution < 1.29 is 4.74 Å². The monoisotopic (exact) mass is 184 g/mol. The Labute approximate surface area is 80.7 Å². The number of aryl methyl sites for hydroxylation is 1. The summed E-state index contributed by atoms with van der Waals surface area (Å²) in [4.78, 5) is 3.78. The number of aromatic nitrogens is 2. The summed E-state index contributed by atoms with van der Waals surface area (Å²) in [6, 6.07) is 0. The van der Waals surface area contributed by atoms with Crippen LogP contribution in [-0.4, -0.2) is 22.8 Å². The molecule has 0 bridgehead atoms. The first-order valence-corrected chi connectivity index (χ1v) is 4.80. The minimum Gasteiger partial charge on any atom is -0.381 e. The van der Waals surface area contributed by atoms with Gasteiger partial charge in [0.05, 0.1) is 6.33 Å². The Morgan fingerprint density at radius 1 is 1.23 bits per heavy atom. The molecule has 0 aromatic carbocycles. The van der Waals surface area contributed by atoms with Crippen molar-refractivity contribution in [3.8, 4) is 0 Å². The first kappa shape index (κ1) is 12.2. The molecule has 0 atom stereocenters. The Morgan fingerprint density at radius 2 is 1.85 bits per heavy atom. The predicted molar refractivity (Wildman–Crippen MR) is 54.6 cm³/mol. The largest absolute Gasteiger partial charge is 0.381 e. The quantitative estimate of drug-likeness (QED) is 0.671. The average Bonchev–Trinajstić information content (AvgIpc) is 2.58. The van der Waals surface area contributed by atoms with Crippen molar-refractivity contribution in [2.75, 3.05) is 13.2 Å². The molecule has 1 aromatic rings. The van der Waals surface area contributed by atoms with E-state index in [9.17, 15) is 0 Å². The standard InChI is InChI=1S/C6H14O.C4H6N2/c1-3-5-7-6-4-2;1-6-3-2-5-4-6/h3-6H2,1-2H3;2-4H,1H3. The molecular weight excluding hydrogens is 164 g/mol. The van der Waals surface area contributed by atoms with Crippen LogP contribution in [0.3, 0.4) is 0 Å². The van der Waals surface area contributed by atoms with Crippen molar-refractivity contribution in [2.45, 2.75) is 26.7 Å². The molecule has 76 valence electrons. The normalized spacial score (nSPS) is 9.15. The molecular formula is C10H20N2O. The zero-order valence-electron chi connectivity index (χ0n) is 8.86. The fourth-order valence-electron chi connectivity index (χ4n) is 0.717. The second-order valence-electron chi connectivity index (χ2n) is 2.84. The van der Waals surface area contributed by atoms with E-state index in [1.807, 2.05) is 17.8 Å². The van der Waals surface area contributed by atoms with E-state index >= 15 is 0 Å². The minimum absolute atomic E-state index is 0.924. The van der Waals surface area contributed by atoms with Gasteiger partial charge >= 0.3 is 0 Å². The van der Waals surface area contributed by atoms with Crippen molar-refractivity contribution in [1.82, 2.24) is 9.55 Å². The topological polar surface area (TPSA) is 27.1 Å². The second-order valence-corrected chi connectivity index (χ2v) is 2.84. The summed E-state index contributed by atoms with van der Waals surface area (Å²) in [6.07, 6.45) is 7.67. The van der Waals surface area contributed by atoms with Crippen LogP contribution in [0.1, 0.15) is 26.7 Å². The van der Waals surface area contributed by atoms with Gasteiger partial charge in [0.1, 0.15) is 0 Å². The van der Waals surface area contributed by atoms with Gasteiger partial charge in [0.15, 0.2) is 0 Å². The van der Waals surface area contributed by atoms with Gasteiger partial charge in [-0.1, -0.05) is 13.8 Å². The van der Waals surface area contributed by atoms with E-state index in [1.54, 1.807) is 12.5 Å². The van der Waals surface area contributed by atoms with Crippen molar-refractivity contribution in [1.29, 1.82) is 0 Å². The summed E-state index contributed by atoms with van der Waals surface area (Å²) >= 11 is 0. The maximum atomic E-state index is 5.13. The lowest BCUT2D eigenvalue weighted by Crippen LogP contribution is -1.92. The van der Waals surface area contributed by atoms with E-state index < -0.39 is 0 Å². The Hall–Kier alpha value is -0.830. The highest BCUT2D eigenvalue weighted by atomic mass is 16.5. The van der Waals surface area contributed by atoms with E-state index in [0.717, 1.165) is 26.1 Å². The third-order valence-electron chi connectivity index (χ3n) is 1.33. The van der Waals surface area contributed by atoms with E-state index in [1.165, 1.54) is 0 Å². The maximum absolute atomic E-state index is 5.13. The summed E-state index contributed by atoms with van der Waals surface area (Å²) in [5, 5.41) is 0.